The Kier molecular flexibility index (Phi) is 3.76. The molecule has 2 aromatic heterocycles. The summed E-state index contributed by atoms with van der Waals surface area (Å²) in [6.45, 7) is 2.81. The van der Waals surface area contributed by atoms with E-state index in [9.17, 15) is 4.79 Å². The SMILES string of the molecule is Cc1cn[nH]c1C1CCCCN1C(=O)c1cccc2cccnc12. The molecule has 24 heavy (non-hydrogen) atoms. The normalized spacial score (nSPS) is 18.0. The van der Waals surface area contributed by atoms with Gasteiger partial charge >= 0.3 is 0 Å². The molecule has 1 unspecified atom stereocenters. The smallest absolute Gasteiger partial charge is 0.256 e. The van der Waals surface area contributed by atoms with E-state index in [1.165, 1.54) is 0 Å². The molecule has 1 amide bonds. The second-order valence-corrected chi connectivity index (χ2v) is 6.36. The van der Waals surface area contributed by atoms with E-state index in [1.54, 1.807) is 6.20 Å². The highest BCUT2D eigenvalue weighted by Crippen LogP contribution is 2.33. The van der Waals surface area contributed by atoms with Crippen LogP contribution in [0.5, 0.6) is 0 Å². The number of H-pyrrole nitrogens is 1. The Morgan fingerprint density at radius 3 is 2.96 bits per heavy atom. The van der Waals surface area contributed by atoms with E-state index in [1.807, 2.05) is 48.4 Å². The van der Waals surface area contributed by atoms with Gasteiger partial charge in [0.2, 0.25) is 0 Å². The van der Waals surface area contributed by atoms with Crippen molar-refractivity contribution in [3.8, 4) is 0 Å². The number of carbonyl (C=O) groups is 1. The van der Waals surface area contributed by atoms with Crippen LogP contribution >= 0.6 is 0 Å². The number of fused-ring (bicyclic) bond motifs is 1. The zero-order chi connectivity index (χ0) is 16.5. The van der Waals surface area contributed by atoms with Gasteiger partial charge < -0.3 is 4.90 Å². The van der Waals surface area contributed by atoms with E-state index in [-0.39, 0.29) is 11.9 Å². The van der Waals surface area contributed by atoms with E-state index in [0.717, 1.165) is 48.0 Å². The third-order valence-corrected chi connectivity index (χ3v) is 4.83. The van der Waals surface area contributed by atoms with Crippen LogP contribution in [-0.2, 0) is 0 Å². The lowest BCUT2D eigenvalue weighted by Crippen LogP contribution is -2.39. The topological polar surface area (TPSA) is 61.9 Å². The number of nitrogens with one attached hydrogen (secondary N) is 1. The first kappa shape index (κ1) is 14.9. The third-order valence-electron chi connectivity index (χ3n) is 4.83. The third kappa shape index (κ3) is 2.46. The van der Waals surface area contributed by atoms with Crippen molar-refractivity contribution in [2.24, 2.45) is 0 Å². The van der Waals surface area contributed by atoms with Crippen LogP contribution in [-0.4, -0.2) is 32.5 Å². The van der Waals surface area contributed by atoms with Crippen molar-refractivity contribution in [1.29, 1.82) is 0 Å². The van der Waals surface area contributed by atoms with E-state index < -0.39 is 0 Å². The zero-order valence-electron chi connectivity index (χ0n) is 13.7. The van der Waals surface area contributed by atoms with Crippen LogP contribution in [0.2, 0.25) is 0 Å². The van der Waals surface area contributed by atoms with E-state index >= 15 is 0 Å². The predicted molar refractivity (Wildman–Crippen MR) is 92.7 cm³/mol. The first-order chi connectivity index (χ1) is 11.8. The van der Waals surface area contributed by atoms with Crippen LogP contribution in [0, 0.1) is 6.92 Å². The number of hydrogen-bond acceptors (Lipinski definition) is 3. The van der Waals surface area contributed by atoms with Gasteiger partial charge in [0.15, 0.2) is 0 Å². The number of pyridine rings is 1. The second kappa shape index (κ2) is 6.07. The van der Waals surface area contributed by atoms with E-state index in [2.05, 4.69) is 15.2 Å². The molecule has 1 saturated heterocycles. The lowest BCUT2D eigenvalue weighted by atomic mass is 9.96. The molecule has 4 rings (SSSR count). The molecule has 3 aromatic rings. The summed E-state index contributed by atoms with van der Waals surface area (Å²) in [4.78, 5) is 19.7. The van der Waals surface area contributed by atoms with Gasteiger partial charge in [-0.3, -0.25) is 14.9 Å². The molecule has 0 spiro atoms. The minimum atomic E-state index is 0.0537. The van der Waals surface area contributed by atoms with Gasteiger partial charge in [-0.1, -0.05) is 18.2 Å². The predicted octanol–water partition coefficient (Wildman–Crippen LogP) is 3.63. The van der Waals surface area contributed by atoms with E-state index in [0.29, 0.717) is 5.56 Å². The van der Waals surface area contributed by atoms with Gasteiger partial charge in [0, 0.05) is 18.1 Å². The molecule has 1 aromatic carbocycles. The number of hydrogen-bond donors (Lipinski definition) is 1. The summed E-state index contributed by atoms with van der Waals surface area (Å²) in [7, 11) is 0. The first-order valence-corrected chi connectivity index (χ1v) is 8.40. The van der Waals surface area contributed by atoms with Crippen LogP contribution < -0.4 is 0 Å². The molecule has 0 aliphatic carbocycles. The Morgan fingerprint density at radius 2 is 2.12 bits per heavy atom. The fourth-order valence-electron chi connectivity index (χ4n) is 3.60. The maximum atomic E-state index is 13.3. The summed E-state index contributed by atoms with van der Waals surface area (Å²) in [5.41, 5.74) is 3.61. The highest BCUT2D eigenvalue weighted by molar-refractivity contribution is 6.05. The molecular weight excluding hydrogens is 300 g/mol. The number of piperidine rings is 1. The number of aromatic amines is 1. The maximum absolute atomic E-state index is 13.3. The fourth-order valence-corrected chi connectivity index (χ4v) is 3.60. The van der Waals surface area contributed by atoms with Gasteiger partial charge in [0.25, 0.3) is 5.91 Å². The number of para-hydroxylation sites is 1. The van der Waals surface area contributed by atoms with Crippen LogP contribution in [0.25, 0.3) is 10.9 Å². The Labute approximate surface area is 140 Å². The summed E-state index contributed by atoms with van der Waals surface area (Å²) >= 11 is 0. The lowest BCUT2D eigenvalue weighted by molar-refractivity contribution is 0.0607. The first-order valence-electron chi connectivity index (χ1n) is 8.40. The number of benzene rings is 1. The largest absolute Gasteiger partial charge is 0.330 e. The van der Waals surface area contributed by atoms with Gasteiger partial charge in [0.1, 0.15) is 0 Å². The summed E-state index contributed by atoms with van der Waals surface area (Å²) in [5.74, 6) is 0.0537. The van der Waals surface area contributed by atoms with Crippen molar-refractivity contribution in [3.05, 3.63) is 59.5 Å². The molecule has 5 heteroatoms. The highest BCUT2D eigenvalue weighted by atomic mass is 16.2. The lowest BCUT2D eigenvalue weighted by Gasteiger charge is -2.35. The number of likely N-dealkylation sites (tertiary alicyclic amines) is 1. The molecule has 1 atom stereocenters. The summed E-state index contributed by atoms with van der Waals surface area (Å²) in [6.07, 6.45) is 6.69. The van der Waals surface area contributed by atoms with Gasteiger partial charge in [-0.05, 0) is 43.9 Å². The number of rotatable bonds is 2. The number of nitrogens with zero attached hydrogens (tertiary/aromatic N) is 3. The Hall–Kier alpha value is -2.69. The van der Waals surface area contributed by atoms with Crippen molar-refractivity contribution < 1.29 is 4.79 Å². The molecule has 0 saturated carbocycles. The Bertz CT molecular complexity index is 880. The summed E-state index contributed by atoms with van der Waals surface area (Å²) in [6, 6.07) is 9.75. The van der Waals surface area contributed by atoms with Crippen molar-refractivity contribution in [2.45, 2.75) is 32.2 Å². The molecule has 1 aliphatic rings. The van der Waals surface area contributed by atoms with Crippen molar-refractivity contribution >= 4 is 16.8 Å². The molecule has 5 nitrogen and oxygen atoms in total. The number of carbonyl (C=O) groups excluding carboxylic acids is 1. The van der Waals surface area contributed by atoms with Gasteiger partial charge in [-0.15, -0.1) is 0 Å². The minimum absolute atomic E-state index is 0.0537. The van der Waals surface area contributed by atoms with Crippen molar-refractivity contribution in [3.63, 3.8) is 0 Å². The minimum Gasteiger partial charge on any atom is -0.330 e. The van der Waals surface area contributed by atoms with Crippen LogP contribution in [0.1, 0.15) is 46.9 Å². The fraction of sp³-hybridized carbons (Fsp3) is 0.316. The number of aryl methyl sites for hydroxylation is 1. The Balaban J connectivity index is 1.75. The van der Waals surface area contributed by atoms with Crippen molar-refractivity contribution in [2.75, 3.05) is 6.54 Å². The molecule has 0 bridgehead atoms. The maximum Gasteiger partial charge on any atom is 0.256 e. The molecule has 122 valence electrons. The highest BCUT2D eigenvalue weighted by Gasteiger charge is 2.31. The van der Waals surface area contributed by atoms with Crippen LogP contribution in [0.15, 0.2) is 42.7 Å². The van der Waals surface area contributed by atoms with Crippen LogP contribution in [0.3, 0.4) is 0 Å². The number of amides is 1. The summed E-state index contributed by atoms with van der Waals surface area (Å²) in [5, 5.41) is 8.22. The second-order valence-electron chi connectivity index (χ2n) is 6.36. The van der Waals surface area contributed by atoms with Gasteiger partial charge in [-0.25, -0.2) is 0 Å². The van der Waals surface area contributed by atoms with Gasteiger partial charge in [0.05, 0.1) is 29.0 Å². The average molecular weight is 320 g/mol. The molecule has 0 radical (unpaired) electrons. The van der Waals surface area contributed by atoms with E-state index in [4.69, 9.17) is 0 Å². The van der Waals surface area contributed by atoms with Crippen LogP contribution in [0.4, 0.5) is 0 Å². The number of aromatic nitrogens is 3. The standard InChI is InChI=1S/C19H20N4O/c1-13-12-21-22-17(13)16-9-2-3-11-23(16)19(24)15-8-4-6-14-7-5-10-20-18(14)15/h4-8,10,12,16H,2-3,9,11H2,1H3,(H,21,22). The molecular formula is C19H20N4O. The van der Waals surface area contributed by atoms with Crippen molar-refractivity contribution in [1.82, 2.24) is 20.1 Å². The van der Waals surface area contributed by atoms with Gasteiger partial charge in [-0.2, -0.15) is 5.10 Å². The molecule has 1 fully saturated rings. The molecule has 3 heterocycles. The monoisotopic (exact) mass is 320 g/mol. The molecule has 1 N–H and O–H groups in total. The quantitative estimate of drug-likeness (QED) is 0.784. The summed E-state index contributed by atoms with van der Waals surface area (Å²) < 4.78 is 0. The molecule has 1 aliphatic heterocycles. The zero-order valence-corrected chi connectivity index (χ0v) is 13.7. The average Bonchev–Trinajstić information content (AvgIpc) is 3.06. The Morgan fingerprint density at radius 1 is 1.25 bits per heavy atom.